The fourth-order valence-corrected chi connectivity index (χ4v) is 3.92. The standard InChI is InChI=1S/C14H19NO5S/c1-2-15(9-11-6-7-20-10-11)21(18,19)13-5-3-4-12(8-13)14(16)17/h3-5,8,11H,2,6-7,9-10H2,1H3,(H,16,17). The van der Waals surface area contributed by atoms with Crippen LogP contribution in [0.5, 0.6) is 0 Å². The smallest absolute Gasteiger partial charge is 0.335 e. The second kappa shape index (κ2) is 6.55. The molecule has 0 bridgehead atoms. The molecule has 7 heteroatoms. The van der Waals surface area contributed by atoms with Gasteiger partial charge in [-0.25, -0.2) is 13.2 Å². The molecule has 1 aliphatic rings. The number of carbonyl (C=O) groups is 1. The molecule has 1 saturated heterocycles. The molecule has 0 saturated carbocycles. The van der Waals surface area contributed by atoms with Gasteiger partial charge in [-0.1, -0.05) is 13.0 Å². The Bertz CT molecular complexity index is 608. The maximum absolute atomic E-state index is 12.6. The van der Waals surface area contributed by atoms with Crippen LogP contribution in [0.3, 0.4) is 0 Å². The van der Waals surface area contributed by atoms with Gasteiger partial charge in [-0.15, -0.1) is 0 Å². The molecule has 0 aliphatic carbocycles. The molecular weight excluding hydrogens is 294 g/mol. The molecule has 0 aromatic heterocycles. The number of benzene rings is 1. The van der Waals surface area contributed by atoms with Crippen molar-refractivity contribution in [3.05, 3.63) is 29.8 Å². The van der Waals surface area contributed by atoms with Gasteiger partial charge in [0.2, 0.25) is 10.0 Å². The van der Waals surface area contributed by atoms with E-state index in [9.17, 15) is 13.2 Å². The Labute approximate surface area is 124 Å². The monoisotopic (exact) mass is 313 g/mol. The van der Waals surface area contributed by atoms with E-state index in [0.717, 1.165) is 6.42 Å². The molecule has 0 spiro atoms. The first-order chi connectivity index (χ1) is 9.95. The molecule has 1 aromatic carbocycles. The summed E-state index contributed by atoms with van der Waals surface area (Å²) >= 11 is 0. The zero-order chi connectivity index (χ0) is 15.5. The second-order valence-corrected chi connectivity index (χ2v) is 6.96. The van der Waals surface area contributed by atoms with Crippen molar-refractivity contribution < 1.29 is 23.1 Å². The average Bonchev–Trinajstić information content (AvgIpc) is 2.97. The van der Waals surface area contributed by atoms with Crippen LogP contribution in [0, 0.1) is 5.92 Å². The van der Waals surface area contributed by atoms with E-state index in [1.807, 2.05) is 0 Å². The van der Waals surface area contributed by atoms with Crippen molar-refractivity contribution in [2.45, 2.75) is 18.2 Å². The van der Waals surface area contributed by atoms with E-state index in [-0.39, 0.29) is 16.4 Å². The number of carboxylic acid groups (broad SMARTS) is 1. The van der Waals surface area contributed by atoms with Crippen LogP contribution in [0.25, 0.3) is 0 Å². The Hall–Kier alpha value is -1.44. The van der Waals surface area contributed by atoms with Crippen LogP contribution >= 0.6 is 0 Å². The maximum Gasteiger partial charge on any atom is 0.335 e. The van der Waals surface area contributed by atoms with Gasteiger partial charge < -0.3 is 9.84 Å². The van der Waals surface area contributed by atoms with Gasteiger partial charge in [0.05, 0.1) is 17.1 Å². The molecule has 1 aromatic rings. The summed E-state index contributed by atoms with van der Waals surface area (Å²) in [4.78, 5) is 11.0. The first kappa shape index (κ1) is 15.9. The molecule has 1 atom stereocenters. The zero-order valence-corrected chi connectivity index (χ0v) is 12.7. The Morgan fingerprint density at radius 3 is 2.81 bits per heavy atom. The summed E-state index contributed by atoms with van der Waals surface area (Å²) in [5.74, 6) is -0.943. The van der Waals surface area contributed by atoms with Crippen LogP contribution in [-0.4, -0.2) is 50.1 Å². The SMILES string of the molecule is CCN(CC1CCOC1)S(=O)(=O)c1cccc(C(=O)O)c1. The third-order valence-corrected chi connectivity index (χ3v) is 5.49. The lowest BCUT2D eigenvalue weighted by molar-refractivity contribution is 0.0696. The topological polar surface area (TPSA) is 83.9 Å². The highest BCUT2D eigenvalue weighted by atomic mass is 32.2. The lowest BCUT2D eigenvalue weighted by atomic mass is 10.1. The van der Waals surface area contributed by atoms with Crippen molar-refractivity contribution in [3.8, 4) is 0 Å². The van der Waals surface area contributed by atoms with Crippen molar-refractivity contribution in [2.24, 2.45) is 5.92 Å². The van der Waals surface area contributed by atoms with E-state index in [2.05, 4.69) is 0 Å². The van der Waals surface area contributed by atoms with Gasteiger partial charge in [-0.3, -0.25) is 0 Å². The molecular formula is C14H19NO5S. The van der Waals surface area contributed by atoms with E-state index in [4.69, 9.17) is 9.84 Å². The van der Waals surface area contributed by atoms with Crippen molar-refractivity contribution in [3.63, 3.8) is 0 Å². The van der Waals surface area contributed by atoms with Crippen LogP contribution in [0.1, 0.15) is 23.7 Å². The van der Waals surface area contributed by atoms with Gasteiger partial charge in [0.15, 0.2) is 0 Å². The van der Waals surface area contributed by atoms with Crippen LogP contribution < -0.4 is 0 Å². The number of sulfonamides is 1. The van der Waals surface area contributed by atoms with Gasteiger partial charge in [0.25, 0.3) is 0 Å². The van der Waals surface area contributed by atoms with Crippen molar-refractivity contribution in [2.75, 3.05) is 26.3 Å². The number of carboxylic acids is 1. The summed E-state index contributed by atoms with van der Waals surface area (Å²) in [5, 5.41) is 8.98. The highest BCUT2D eigenvalue weighted by Crippen LogP contribution is 2.21. The Balaban J connectivity index is 2.25. The number of hydrogen-bond donors (Lipinski definition) is 1. The number of ether oxygens (including phenoxy) is 1. The molecule has 2 rings (SSSR count). The van der Waals surface area contributed by atoms with Crippen molar-refractivity contribution in [1.29, 1.82) is 0 Å². The van der Waals surface area contributed by atoms with Gasteiger partial charge in [-0.05, 0) is 30.5 Å². The maximum atomic E-state index is 12.6. The Kier molecular flexibility index (Phi) is 4.97. The van der Waals surface area contributed by atoms with Crippen LogP contribution in [0.4, 0.5) is 0 Å². The minimum absolute atomic E-state index is 0.0168. The Morgan fingerprint density at radius 2 is 2.24 bits per heavy atom. The number of hydrogen-bond acceptors (Lipinski definition) is 4. The average molecular weight is 313 g/mol. The normalized spacial score (nSPS) is 19.0. The summed E-state index contributed by atoms with van der Waals surface area (Å²) in [6, 6.07) is 5.45. The summed E-state index contributed by atoms with van der Waals surface area (Å²) in [5.41, 5.74) is -0.0312. The van der Waals surface area contributed by atoms with E-state index >= 15 is 0 Å². The van der Waals surface area contributed by atoms with Crippen LogP contribution in [0.2, 0.25) is 0 Å². The molecule has 1 aliphatic heterocycles. The molecule has 1 heterocycles. The van der Waals surface area contributed by atoms with Crippen molar-refractivity contribution >= 4 is 16.0 Å². The third kappa shape index (κ3) is 3.61. The molecule has 21 heavy (non-hydrogen) atoms. The first-order valence-electron chi connectivity index (χ1n) is 6.86. The van der Waals surface area contributed by atoms with E-state index in [1.54, 1.807) is 6.92 Å². The van der Waals surface area contributed by atoms with Gasteiger partial charge >= 0.3 is 5.97 Å². The first-order valence-corrected chi connectivity index (χ1v) is 8.30. The molecule has 1 unspecified atom stereocenters. The summed E-state index contributed by atoms with van der Waals surface area (Å²) in [7, 11) is -3.68. The minimum Gasteiger partial charge on any atom is -0.478 e. The molecule has 0 amide bonds. The lowest BCUT2D eigenvalue weighted by Crippen LogP contribution is -2.35. The Morgan fingerprint density at radius 1 is 1.48 bits per heavy atom. The summed E-state index contributed by atoms with van der Waals surface area (Å²) in [6.07, 6.45) is 0.848. The number of nitrogens with zero attached hydrogens (tertiary/aromatic N) is 1. The molecule has 116 valence electrons. The molecule has 1 fully saturated rings. The molecule has 1 N–H and O–H groups in total. The predicted octanol–water partition coefficient (Wildman–Crippen LogP) is 1.43. The molecule has 6 nitrogen and oxygen atoms in total. The van der Waals surface area contributed by atoms with E-state index in [1.165, 1.54) is 28.6 Å². The third-order valence-electron chi connectivity index (χ3n) is 3.56. The van der Waals surface area contributed by atoms with Crippen molar-refractivity contribution in [1.82, 2.24) is 4.31 Å². The molecule has 0 radical (unpaired) electrons. The highest BCUT2D eigenvalue weighted by Gasteiger charge is 2.28. The second-order valence-electron chi connectivity index (χ2n) is 5.02. The van der Waals surface area contributed by atoms with Gasteiger partial charge in [0.1, 0.15) is 0 Å². The fraction of sp³-hybridized carbons (Fsp3) is 0.500. The van der Waals surface area contributed by atoms with Gasteiger partial charge in [-0.2, -0.15) is 4.31 Å². The van der Waals surface area contributed by atoms with E-state index < -0.39 is 16.0 Å². The largest absolute Gasteiger partial charge is 0.478 e. The minimum atomic E-state index is -3.68. The lowest BCUT2D eigenvalue weighted by Gasteiger charge is -2.23. The highest BCUT2D eigenvalue weighted by molar-refractivity contribution is 7.89. The fourth-order valence-electron chi connectivity index (χ4n) is 2.35. The van der Waals surface area contributed by atoms with E-state index in [0.29, 0.717) is 26.3 Å². The zero-order valence-electron chi connectivity index (χ0n) is 11.9. The predicted molar refractivity (Wildman–Crippen MR) is 76.8 cm³/mol. The summed E-state index contributed by atoms with van der Waals surface area (Å²) < 4.78 is 31.9. The quantitative estimate of drug-likeness (QED) is 0.859. The summed E-state index contributed by atoms with van der Waals surface area (Å²) in [6.45, 7) is 3.75. The number of aromatic carboxylic acids is 1. The van der Waals surface area contributed by atoms with Crippen LogP contribution in [-0.2, 0) is 14.8 Å². The van der Waals surface area contributed by atoms with Crippen LogP contribution in [0.15, 0.2) is 29.2 Å². The van der Waals surface area contributed by atoms with Gasteiger partial charge in [0, 0.05) is 19.7 Å². The number of rotatable bonds is 6.